The highest BCUT2D eigenvalue weighted by Gasteiger charge is 2.33. The number of aromatic amines is 1. The number of hydrogen-bond donors (Lipinski definition) is 4. The van der Waals surface area contributed by atoms with E-state index in [9.17, 15) is 29.1 Å². The van der Waals surface area contributed by atoms with Crippen molar-refractivity contribution in [2.75, 3.05) is 5.73 Å². The molecule has 0 spiro atoms. The normalized spacial score (nSPS) is 14.9. The quantitative estimate of drug-likeness (QED) is 0.214. The van der Waals surface area contributed by atoms with Crippen LogP contribution >= 0.6 is 0 Å². The van der Waals surface area contributed by atoms with Gasteiger partial charge >= 0.3 is 11.7 Å². The lowest BCUT2D eigenvalue weighted by Gasteiger charge is -2.16. The Morgan fingerprint density at radius 3 is 2.55 bits per heavy atom. The van der Waals surface area contributed by atoms with E-state index >= 15 is 0 Å². The molecule has 2 atom stereocenters. The van der Waals surface area contributed by atoms with Crippen molar-refractivity contribution < 1.29 is 19.5 Å². The average Bonchev–Trinajstić information content (AvgIpc) is 3.28. The maximum absolute atomic E-state index is 13.0. The van der Waals surface area contributed by atoms with Crippen LogP contribution in [-0.2, 0) is 20.8 Å². The third-order valence-corrected chi connectivity index (χ3v) is 6.34. The van der Waals surface area contributed by atoms with E-state index in [0.717, 1.165) is 4.57 Å². The summed E-state index contributed by atoms with van der Waals surface area (Å²) in [6.07, 6.45) is 0.510. The fourth-order valence-electron chi connectivity index (χ4n) is 4.44. The first-order valence-electron chi connectivity index (χ1n) is 11.6. The van der Waals surface area contributed by atoms with Crippen molar-refractivity contribution in [1.29, 1.82) is 0 Å². The zero-order chi connectivity index (χ0) is 27.0. The molecule has 5 N–H and O–H groups in total. The lowest BCUT2D eigenvalue weighted by molar-refractivity contribution is -0.141. The Morgan fingerprint density at radius 2 is 1.84 bits per heavy atom. The number of aldehydes is 1. The number of H-pyrrole nitrogens is 1. The van der Waals surface area contributed by atoms with Gasteiger partial charge in [-0.15, -0.1) is 0 Å². The van der Waals surface area contributed by atoms with E-state index in [2.05, 4.69) is 15.3 Å². The molecule has 5 rings (SSSR count). The molecule has 11 heteroatoms. The van der Waals surface area contributed by atoms with Crippen LogP contribution in [0.2, 0.25) is 0 Å². The van der Waals surface area contributed by atoms with Crippen LogP contribution in [0.5, 0.6) is 0 Å². The summed E-state index contributed by atoms with van der Waals surface area (Å²) in [5, 5.41) is 12.4. The summed E-state index contributed by atoms with van der Waals surface area (Å²) < 4.78 is 0.956. The number of para-hydroxylation sites is 1. The molecule has 38 heavy (non-hydrogen) atoms. The van der Waals surface area contributed by atoms with Gasteiger partial charge < -0.3 is 25.9 Å². The van der Waals surface area contributed by atoms with E-state index in [1.807, 2.05) is 0 Å². The molecule has 1 aromatic heterocycles. The van der Waals surface area contributed by atoms with Gasteiger partial charge in [-0.1, -0.05) is 30.3 Å². The number of aliphatic imine (C=N–C) groups is 1. The van der Waals surface area contributed by atoms with E-state index < -0.39 is 35.1 Å². The van der Waals surface area contributed by atoms with Crippen LogP contribution in [0.3, 0.4) is 0 Å². The highest BCUT2D eigenvalue weighted by Crippen LogP contribution is 2.34. The van der Waals surface area contributed by atoms with Crippen LogP contribution < -0.4 is 22.3 Å². The molecule has 0 aliphatic carbocycles. The Hall–Kier alpha value is -5.32. The highest BCUT2D eigenvalue weighted by molar-refractivity contribution is 6.45. The summed E-state index contributed by atoms with van der Waals surface area (Å²) >= 11 is 0. The number of fused-ring (bicyclic) bond motifs is 2. The van der Waals surface area contributed by atoms with Crippen molar-refractivity contribution in [3.05, 3.63) is 98.7 Å². The SMILES string of the molecule is Nc1ccc2[nH]c(=O)n(-c3ccc(C[C@H](NC(=O)C4=Nc5ccccc5C4C=O)C(=O)O)cc3)c(=O)c2c1. The first kappa shape index (κ1) is 24.4. The summed E-state index contributed by atoms with van der Waals surface area (Å²) in [4.78, 5) is 68.9. The number of carbonyl (C=O) groups is 3. The Balaban J connectivity index is 1.37. The minimum absolute atomic E-state index is 0.0710. The van der Waals surface area contributed by atoms with E-state index in [1.165, 1.54) is 18.2 Å². The van der Waals surface area contributed by atoms with Crippen LogP contribution in [0.25, 0.3) is 16.6 Å². The van der Waals surface area contributed by atoms with Crippen LogP contribution in [-0.4, -0.2) is 44.6 Å². The summed E-state index contributed by atoms with van der Waals surface area (Å²) in [6, 6.07) is 16.2. The summed E-state index contributed by atoms with van der Waals surface area (Å²) in [6.45, 7) is 0. The predicted molar refractivity (Wildman–Crippen MR) is 140 cm³/mol. The van der Waals surface area contributed by atoms with Gasteiger partial charge in [0.15, 0.2) is 0 Å². The number of nitrogens with two attached hydrogens (primary N) is 1. The van der Waals surface area contributed by atoms with Gasteiger partial charge in [0, 0.05) is 12.1 Å². The van der Waals surface area contributed by atoms with Gasteiger partial charge in [0.2, 0.25) is 0 Å². The third-order valence-electron chi connectivity index (χ3n) is 6.34. The fraction of sp³-hybridized carbons (Fsp3) is 0.111. The number of carboxylic acid groups (broad SMARTS) is 1. The minimum atomic E-state index is -1.32. The van der Waals surface area contributed by atoms with Crippen molar-refractivity contribution >= 4 is 46.2 Å². The Bertz CT molecular complexity index is 1750. The van der Waals surface area contributed by atoms with Gasteiger partial charge in [-0.3, -0.25) is 9.59 Å². The molecule has 1 aliphatic heterocycles. The van der Waals surface area contributed by atoms with Crippen LogP contribution in [0.1, 0.15) is 17.0 Å². The molecule has 3 aromatic carbocycles. The Kier molecular flexibility index (Phi) is 6.17. The van der Waals surface area contributed by atoms with E-state index in [0.29, 0.717) is 34.3 Å². The lowest BCUT2D eigenvalue weighted by Crippen LogP contribution is -2.46. The summed E-state index contributed by atoms with van der Waals surface area (Å²) in [7, 11) is 0. The van der Waals surface area contributed by atoms with Crippen LogP contribution in [0, 0.1) is 0 Å². The number of aliphatic carboxylic acids is 1. The minimum Gasteiger partial charge on any atom is -0.480 e. The smallest absolute Gasteiger partial charge is 0.333 e. The van der Waals surface area contributed by atoms with Gasteiger partial charge in [-0.2, -0.15) is 0 Å². The van der Waals surface area contributed by atoms with Gasteiger partial charge in [-0.25, -0.2) is 19.1 Å². The number of carbonyl (C=O) groups excluding carboxylic acids is 2. The molecule has 1 unspecified atom stereocenters. The number of carboxylic acids is 1. The topological polar surface area (TPSA) is 177 Å². The fourth-order valence-corrected chi connectivity index (χ4v) is 4.44. The second-order valence-corrected chi connectivity index (χ2v) is 8.78. The molecule has 4 aromatic rings. The van der Waals surface area contributed by atoms with E-state index in [-0.39, 0.29) is 23.2 Å². The number of nitrogens with zero attached hydrogens (tertiary/aromatic N) is 2. The molecule has 2 heterocycles. The second-order valence-electron chi connectivity index (χ2n) is 8.78. The van der Waals surface area contributed by atoms with E-state index in [1.54, 1.807) is 48.5 Å². The number of nitrogen functional groups attached to an aromatic ring is 1. The zero-order valence-electron chi connectivity index (χ0n) is 19.8. The Morgan fingerprint density at radius 1 is 1.11 bits per heavy atom. The van der Waals surface area contributed by atoms with Crippen LogP contribution in [0.4, 0.5) is 11.4 Å². The van der Waals surface area contributed by atoms with Crippen molar-refractivity contribution in [3.63, 3.8) is 0 Å². The molecule has 0 radical (unpaired) electrons. The van der Waals surface area contributed by atoms with Gasteiger partial charge in [0.05, 0.1) is 28.2 Å². The summed E-state index contributed by atoms with van der Waals surface area (Å²) in [5.41, 5.74) is 7.11. The third kappa shape index (κ3) is 4.37. The van der Waals surface area contributed by atoms with Gasteiger partial charge in [0.25, 0.3) is 11.5 Å². The molecule has 190 valence electrons. The molecular formula is C27H21N5O6. The zero-order valence-corrected chi connectivity index (χ0v) is 19.8. The number of benzene rings is 3. The Labute approximate surface area is 214 Å². The first-order valence-corrected chi connectivity index (χ1v) is 11.6. The highest BCUT2D eigenvalue weighted by atomic mass is 16.4. The van der Waals surface area contributed by atoms with Crippen molar-refractivity contribution in [2.45, 2.75) is 18.4 Å². The van der Waals surface area contributed by atoms with Crippen molar-refractivity contribution in [3.8, 4) is 5.69 Å². The predicted octanol–water partition coefficient (Wildman–Crippen LogP) is 1.44. The standard InChI is InChI=1S/C27H21N5O6/c28-15-7-10-21-18(12-15)25(35)32(27(38)31-21)16-8-5-14(6-9-16)11-22(26(36)37)30-24(34)23-19(13-33)17-3-1-2-4-20(17)29-23/h1-10,12-13,19,22H,11,28H2,(H,30,34)(H,31,38)(H,36,37)/t19?,22-/m0/s1. The van der Waals surface area contributed by atoms with Crippen molar-refractivity contribution in [2.24, 2.45) is 4.99 Å². The molecule has 1 aliphatic rings. The monoisotopic (exact) mass is 511 g/mol. The number of nitrogens with one attached hydrogen (secondary N) is 2. The van der Waals surface area contributed by atoms with Crippen LogP contribution in [0.15, 0.2) is 81.3 Å². The van der Waals surface area contributed by atoms with E-state index in [4.69, 9.17) is 5.73 Å². The maximum atomic E-state index is 13.0. The van der Waals surface area contributed by atoms with Gasteiger partial charge in [0.1, 0.15) is 18.0 Å². The molecule has 1 amide bonds. The number of anilines is 1. The molecule has 11 nitrogen and oxygen atoms in total. The lowest BCUT2D eigenvalue weighted by atomic mass is 9.96. The molecule has 0 saturated heterocycles. The molecule has 0 fully saturated rings. The number of amides is 1. The van der Waals surface area contributed by atoms with Crippen molar-refractivity contribution in [1.82, 2.24) is 14.9 Å². The van der Waals surface area contributed by atoms with Gasteiger partial charge in [-0.05, 0) is 47.5 Å². The average molecular weight is 511 g/mol. The number of rotatable bonds is 7. The molecule has 0 saturated carbocycles. The number of hydrogen-bond acceptors (Lipinski definition) is 7. The number of aromatic nitrogens is 2. The first-order chi connectivity index (χ1) is 18.3. The summed E-state index contributed by atoms with van der Waals surface area (Å²) in [5.74, 6) is -2.91. The molecule has 0 bridgehead atoms. The largest absolute Gasteiger partial charge is 0.480 e. The maximum Gasteiger partial charge on any atom is 0.333 e. The molecular weight excluding hydrogens is 490 g/mol. The second kappa shape index (κ2) is 9.62.